The second-order valence-corrected chi connectivity index (χ2v) is 6.44. The van der Waals surface area contributed by atoms with Crippen LogP contribution < -0.4 is 0 Å². The lowest BCUT2D eigenvalue weighted by Crippen LogP contribution is -2.43. The molecule has 0 aromatic heterocycles. The van der Waals surface area contributed by atoms with E-state index < -0.39 is 26.3 Å². The van der Waals surface area contributed by atoms with Crippen LogP contribution in [0, 0.1) is 17.5 Å². The fourth-order valence-corrected chi connectivity index (χ4v) is 3.54. The van der Waals surface area contributed by atoms with Crippen molar-refractivity contribution < 1.29 is 26.8 Å². The average Bonchev–Trinajstić information content (AvgIpc) is 2.33. The number of aryl methyl sites for hydroxylation is 1. The number of rotatable bonds is 7. The van der Waals surface area contributed by atoms with Gasteiger partial charge in [-0.25, -0.2) is 13.2 Å². The molecule has 0 aliphatic heterocycles. The highest BCUT2D eigenvalue weighted by molar-refractivity contribution is 6.59. The van der Waals surface area contributed by atoms with Crippen molar-refractivity contribution in [3.8, 4) is 0 Å². The van der Waals surface area contributed by atoms with Crippen LogP contribution in [0.5, 0.6) is 0 Å². The Morgan fingerprint density at radius 3 is 2.05 bits per heavy atom. The van der Waals surface area contributed by atoms with Crippen molar-refractivity contribution in [2.24, 2.45) is 0 Å². The van der Waals surface area contributed by atoms with Gasteiger partial charge < -0.3 is 13.6 Å². The predicted molar refractivity (Wildman–Crippen MR) is 66.1 cm³/mol. The summed E-state index contributed by atoms with van der Waals surface area (Å²) >= 11 is 0. The molecular formula is C12H17F3O3Si. The van der Waals surface area contributed by atoms with E-state index in [9.17, 15) is 18.0 Å². The molecule has 1 rings (SSSR count). The van der Waals surface area contributed by atoms with E-state index in [1.807, 2.05) is 0 Å². The molecule has 0 fully saturated rings. The SMILES string of the molecule is CCO[Si](O)(CCc1cc(F)c(F)cc1F)OCC. The molecule has 0 atom stereocenters. The molecule has 0 aliphatic carbocycles. The Morgan fingerprint density at radius 1 is 1.00 bits per heavy atom. The molecule has 19 heavy (non-hydrogen) atoms. The highest BCUT2D eigenvalue weighted by atomic mass is 28.4. The zero-order valence-corrected chi connectivity index (χ0v) is 11.9. The molecule has 1 N–H and O–H groups in total. The third kappa shape index (κ3) is 4.61. The zero-order valence-electron chi connectivity index (χ0n) is 10.9. The molecule has 1 aromatic rings. The minimum absolute atomic E-state index is 0.00997. The standard InChI is InChI=1S/C12H17F3O3Si/c1-3-17-19(16,18-4-2)6-5-9-7-11(14)12(15)8-10(9)13/h7-8,16H,3-6H2,1-2H3. The van der Waals surface area contributed by atoms with E-state index >= 15 is 0 Å². The maximum atomic E-state index is 13.4. The van der Waals surface area contributed by atoms with Gasteiger partial charge in [-0.3, -0.25) is 0 Å². The first kappa shape index (κ1) is 16.2. The molecule has 0 unspecified atom stereocenters. The summed E-state index contributed by atoms with van der Waals surface area (Å²) in [4.78, 5) is 10.1. The van der Waals surface area contributed by atoms with Crippen LogP contribution in [-0.4, -0.2) is 26.8 Å². The topological polar surface area (TPSA) is 38.7 Å². The lowest BCUT2D eigenvalue weighted by atomic mass is 10.1. The van der Waals surface area contributed by atoms with E-state index in [1.54, 1.807) is 13.8 Å². The van der Waals surface area contributed by atoms with Gasteiger partial charge in [0.05, 0.1) is 0 Å². The lowest BCUT2D eigenvalue weighted by Gasteiger charge is -2.22. The van der Waals surface area contributed by atoms with Crippen LogP contribution in [0.2, 0.25) is 6.04 Å². The van der Waals surface area contributed by atoms with Crippen LogP contribution in [0.4, 0.5) is 13.2 Å². The van der Waals surface area contributed by atoms with Gasteiger partial charge in [-0.05, 0) is 31.9 Å². The summed E-state index contributed by atoms with van der Waals surface area (Å²) in [7, 11) is -3.37. The van der Waals surface area contributed by atoms with E-state index in [0.29, 0.717) is 6.07 Å². The zero-order chi connectivity index (χ0) is 14.5. The van der Waals surface area contributed by atoms with Gasteiger partial charge in [-0.15, -0.1) is 0 Å². The summed E-state index contributed by atoms with van der Waals surface area (Å²) in [6.45, 7) is 3.94. The number of hydrogen-bond donors (Lipinski definition) is 1. The highest BCUT2D eigenvalue weighted by Crippen LogP contribution is 2.19. The van der Waals surface area contributed by atoms with Crippen LogP contribution in [0.15, 0.2) is 12.1 Å². The second-order valence-electron chi connectivity index (χ2n) is 3.94. The first-order chi connectivity index (χ1) is 8.91. The van der Waals surface area contributed by atoms with Gasteiger partial charge in [0.1, 0.15) is 5.82 Å². The van der Waals surface area contributed by atoms with E-state index in [2.05, 4.69) is 0 Å². The molecule has 1 aromatic carbocycles. The fraction of sp³-hybridized carbons (Fsp3) is 0.500. The maximum Gasteiger partial charge on any atom is 0.498 e. The summed E-state index contributed by atoms with van der Waals surface area (Å²) in [5, 5.41) is 0. The van der Waals surface area contributed by atoms with Crippen molar-refractivity contribution in [1.29, 1.82) is 0 Å². The molecule has 0 amide bonds. The Hall–Kier alpha value is -0.893. The van der Waals surface area contributed by atoms with Crippen molar-refractivity contribution in [2.75, 3.05) is 13.2 Å². The van der Waals surface area contributed by atoms with Gasteiger partial charge in [-0.2, -0.15) is 0 Å². The van der Waals surface area contributed by atoms with E-state index in [1.165, 1.54) is 0 Å². The molecule has 108 valence electrons. The second kappa shape index (κ2) is 7.04. The monoisotopic (exact) mass is 294 g/mol. The van der Waals surface area contributed by atoms with Crippen molar-refractivity contribution in [2.45, 2.75) is 26.3 Å². The summed E-state index contributed by atoms with van der Waals surface area (Å²) < 4.78 is 49.5. The molecule has 0 radical (unpaired) electrons. The van der Waals surface area contributed by atoms with Crippen LogP contribution in [0.3, 0.4) is 0 Å². The van der Waals surface area contributed by atoms with Crippen molar-refractivity contribution in [3.63, 3.8) is 0 Å². The van der Waals surface area contributed by atoms with E-state index in [-0.39, 0.29) is 31.2 Å². The Kier molecular flexibility index (Phi) is 5.99. The summed E-state index contributed by atoms with van der Waals surface area (Å²) in [6.07, 6.45) is 0.0196. The molecule has 3 nitrogen and oxygen atoms in total. The van der Waals surface area contributed by atoms with E-state index in [0.717, 1.165) is 6.07 Å². The summed E-state index contributed by atoms with van der Waals surface area (Å²) in [5.74, 6) is -3.19. The Labute approximate surface area is 111 Å². The largest absolute Gasteiger partial charge is 0.498 e. The minimum Gasteiger partial charge on any atom is -0.390 e. The maximum absolute atomic E-state index is 13.4. The van der Waals surface area contributed by atoms with Gasteiger partial charge in [0.25, 0.3) is 0 Å². The van der Waals surface area contributed by atoms with Crippen LogP contribution in [0.25, 0.3) is 0 Å². The third-order valence-corrected chi connectivity index (χ3v) is 4.90. The first-order valence-electron chi connectivity index (χ1n) is 6.05. The predicted octanol–water partition coefficient (Wildman–Crippen LogP) is 2.65. The smallest absolute Gasteiger partial charge is 0.390 e. The molecule has 0 heterocycles. The van der Waals surface area contributed by atoms with Crippen LogP contribution >= 0.6 is 0 Å². The van der Waals surface area contributed by atoms with Gasteiger partial charge in [0.15, 0.2) is 11.6 Å². The van der Waals surface area contributed by atoms with Crippen LogP contribution in [0.1, 0.15) is 19.4 Å². The molecule has 0 saturated heterocycles. The van der Waals surface area contributed by atoms with Crippen molar-refractivity contribution in [3.05, 3.63) is 35.1 Å². The van der Waals surface area contributed by atoms with Crippen molar-refractivity contribution in [1.82, 2.24) is 0 Å². The molecule has 0 saturated carbocycles. The minimum atomic E-state index is -3.37. The summed E-state index contributed by atoms with van der Waals surface area (Å²) in [5.41, 5.74) is -0.00997. The molecule has 0 aliphatic rings. The molecule has 7 heteroatoms. The van der Waals surface area contributed by atoms with Crippen molar-refractivity contribution >= 4 is 8.80 Å². The Balaban J connectivity index is 2.76. The fourth-order valence-electron chi connectivity index (χ4n) is 1.69. The first-order valence-corrected chi connectivity index (χ1v) is 8.02. The highest BCUT2D eigenvalue weighted by Gasteiger charge is 2.36. The summed E-state index contributed by atoms with van der Waals surface area (Å²) in [6, 6.07) is 1.33. The average molecular weight is 294 g/mol. The quantitative estimate of drug-likeness (QED) is 0.620. The van der Waals surface area contributed by atoms with Gasteiger partial charge in [-0.1, -0.05) is 0 Å². The Bertz CT molecular complexity index is 423. The number of benzene rings is 1. The normalized spacial score (nSPS) is 11.9. The molecular weight excluding hydrogens is 277 g/mol. The van der Waals surface area contributed by atoms with Gasteiger partial charge in [0.2, 0.25) is 0 Å². The van der Waals surface area contributed by atoms with Gasteiger partial charge in [0, 0.05) is 25.3 Å². The Morgan fingerprint density at radius 2 is 1.53 bits per heavy atom. The molecule has 0 bridgehead atoms. The van der Waals surface area contributed by atoms with Gasteiger partial charge >= 0.3 is 8.80 Å². The van der Waals surface area contributed by atoms with E-state index in [4.69, 9.17) is 8.85 Å². The van der Waals surface area contributed by atoms with Crippen LogP contribution in [-0.2, 0) is 15.3 Å². The number of hydrogen-bond acceptors (Lipinski definition) is 3. The lowest BCUT2D eigenvalue weighted by molar-refractivity contribution is 0.108. The third-order valence-electron chi connectivity index (χ3n) is 2.54. The number of halogens is 3. The molecule has 0 spiro atoms.